The van der Waals surface area contributed by atoms with E-state index in [1.54, 1.807) is 2.89 Å². The molecule has 0 aromatic carbocycles. The Morgan fingerprint density at radius 3 is 2.30 bits per heavy atom. The summed E-state index contributed by atoms with van der Waals surface area (Å²) in [5.41, 5.74) is 1.37. The topological polar surface area (TPSA) is 13.1 Å². The van der Waals surface area contributed by atoms with Gasteiger partial charge in [0.25, 0.3) is 0 Å². The van der Waals surface area contributed by atoms with E-state index in [2.05, 4.69) is 68.0 Å². The molecule has 0 radical (unpaired) electrons. The van der Waals surface area contributed by atoms with E-state index in [9.17, 15) is 0 Å². The van der Waals surface area contributed by atoms with Gasteiger partial charge in [-0.25, -0.2) is 0 Å². The van der Waals surface area contributed by atoms with Gasteiger partial charge in [0.1, 0.15) is 0 Å². The van der Waals surface area contributed by atoms with Crippen LogP contribution in [0.3, 0.4) is 0 Å². The zero-order valence-electron chi connectivity index (χ0n) is 16.7. The molecule has 0 N–H and O–H groups in total. The molecule has 0 amide bonds. The average Bonchev–Trinajstić information content (AvgIpc) is 3.32. The average molecular weight is 572 g/mol. The molecule has 3 rings (SSSR count). The Hall–Kier alpha value is -0.0413. The van der Waals surface area contributed by atoms with Crippen molar-refractivity contribution in [2.45, 2.75) is 53.8 Å². The molecule has 0 spiro atoms. The van der Waals surface area contributed by atoms with Gasteiger partial charge in [0.2, 0.25) is 0 Å². The Morgan fingerprint density at radius 2 is 1.67 bits per heavy atom. The number of alkyl halides is 1. The fourth-order valence-electron chi connectivity index (χ4n) is 3.14. The van der Waals surface area contributed by atoms with E-state index in [0.29, 0.717) is 0 Å². The summed E-state index contributed by atoms with van der Waals surface area (Å²) in [5, 5.41) is 1.11. The maximum atomic E-state index is 6.44. The number of furan rings is 1. The van der Waals surface area contributed by atoms with Crippen LogP contribution in [-0.2, 0) is 6.42 Å². The van der Waals surface area contributed by atoms with Gasteiger partial charge in [-0.1, -0.05) is 15.9 Å². The Morgan fingerprint density at radius 1 is 0.926 bits per heavy atom. The summed E-state index contributed by atoms with van der Waals surface area (Å²) in [6, 6.07) is 11.3. The van der Waals surface area contributed by atoms with Gasteiger partial charge in [-0.05, 0) is 0 Å². The second kappa shape index (κ2) is 9.64. The first kappa shape index (κ1) is 21.7. The fourth-order valence-corrected chi connectivity index (χ4v) is 10.7. The van der Waals surface area contributed by atoms with Crippen molar-refractivity contribution in [2.75, 3.05) is 5.33 Å². The summed E-state index contributed by atoms with van der Waals surface area (Å²) in [4.78, 5) is 11.3. The Bertz CT molecular complexity index is 869. The van der Waals surface area contributed by atoms with Crippen molar-refractivity contribution in [2.24, 2.45) is 0 Å². The summed E-state index contributed by atoms with van der Waals surface area (Å²) in [6.45, 7) is 2.17. The number of aryl methyl sites for hydroxylation is 2. The van der Waals surface area contributed by atoms with E-state index in [4.69, 9.17) is 4.42 Å². The normalized spacial score (nSPS) is 12.0. The predicted molar refractivity (Wildman–Crippen MR) is 129 cm³/mol. The second-order valence-electron chi connectivity index (χ2n) is 8.14. The number of unbranched alkanes of at least 4 members (excludes halogenated alkanes) is 3. The van der Waals surface area contributed by atoms with Crippen molar-refractivity contribution in [1.82, 2.24) is 0 Å². The van der Waals surface area contributed by atoms with Crippen molar-refractivity contribution in [3.8, 4) is 21.3 Å². The molecule has 5 heteroatoms. The van der Waals surface area contributed by atoms with E-state index < -0.39 is 18.4 Å². The monoisotopic (exact) mass is 572 g/mol. The van der Waals surface area contributed by atoms with E-state index in [1.807, 2.05) is 22.7 Å². The third kappa shape index (κ3) is 5.74. The second-order valence-corrected chi connectivity index (χ2v) is 26.7. The maximum absolute atomic E-state index is 6.44. The molecule has 0 aliphatic rings. The third-order valence-electron chi connectivity index (χ3n) is 4.69. The van der Waals surface area contributed by atoms with E-state index in [1.165, 1.54) is 45.9 Å². The van der Waals surface area contributed by atoms with Gasteiger partial charge in [-0.15, -0.1) is 0 Å². The minimum atomic E-state index is -2.02. The van der Waals surface area contributed by atoms with Crippen molar-refractivity contribution in [1.29, 1.82) is 0 Å². The SMILES string of the molecule is Cc1ccc(-c2oc(-c3cc[c]([Sn]([CH3])([CH3])[CH3])s3)cc2CCCCCCBr)s1. The molecule has 0 saturated carbocycles. The van der Waals surface area contributed by atoms with Crippen molar-refractivity contribution in [3.05, 3.63) is 40.8 Å². The van der Waals surface area contributed by atoms with Gasteiger partial charge in [-0.2, -0.15) is 0 Å². The van der Waals surface area contributed by atoms with Crippen LogP contribution in [0.2, 0.25) is 14.8 Å². The van der Waals surface area contributed by atoms with E-state index >= 15 is 0 Å². The standard InChI is InChI=1S/C19H20BrOS2.3CH3.Sn/c1-14-9-10-18(23-14)19-15(7-4-2-3-5-11-20)13-16(21-19)17-8-6-12-22-17;;;;/h6,8-10,13H,2-5,7,11H2,1H3;3*1H3;. The summed E-state index contributed by atoms with van der Waals surface area (Å²) in [5.74, 6) is 2.15. The Balaban J connectivity index is 1.86. The molecule has 3 aromatic heterocycles. The molecule has 0 aliphatic heterocycles. The first-order chi connectivity index (χ1) is 12.9. The van der Waals surface area contributed by atoms with Crippen LogP contribution in [0.1, 0.15) is 36.1 Å². The zero-order valence-corrected chi connectivity index (χ0v) is 22.8. The number of hydrogen-bond donors (Lipinski definition) is 0. The molecule has 0 aliphatic carbocycles. The first-order valence-electron chi connectivity index (χ1n) is 9.74. The van der Waals surface area contributed by atoms with Crippen LogP contribution in [0, 0.1) is 6.92 Å². The van der Waals surface area contributed by atoms with Crippen LogP contribution < -0.4 is 2.89 Å². The van der Waals surface area contributed by atoms with Crippen molar-refractivity contribution >= 4 is 59.9 Å². The molecule has 146 valence electrons. The Kier molecular flexibility index (Phi) is 7.73. The molecule has 3 aromatic rings. The van der Waals surface area contributed by atoms with E-state index in [-0.39, 0.29) is 0 Å². The predicted octanol–water partition coefficient (Wildman–Crippen LogP) is 8.09. The molecule has 0 unspecified atom stereocenters. The van der Waals surface area contributed by atoms with Gasteiger partial charge in [0.15, 0.2) is 0 Å². The molecule has 0 fully saturated rings. The van der Waals surface area contributed by atoms with Crippen LogP contribution in [-0.4, -0.2) is 23.7 Å². The van der Waals surface area contributed by atoms with Gasteiger partial charge in [0.05, 0.1) is 0 Å². The van der Waals surface area contributed by atoms with Gasteiger partial charge in [0, 0.05) is 0 Å². The first-order valence-corrected chi connectivity index (χ1v) is 22.5. The Labute approximate surface area is 184 Å². The molecule has 27 heavy (non-hydrogen) atoms. The van der Waals surface area contributed by atoms with Gasteiger partial charge < -0.3 is 0 Å². The number of halogens is 1. The summed E-state index contributed by atoms with van der Waals surface area (Å²) in [6.07, 6.45) is 6.20. The minimum absolute atomic E-state index is 1.05. The molecular weight excluding hydrogens is 543 g/mol. The number of hydrogen-bond acceptors (Lipinski definition) is 3. The number of thiophene rings is 2. The summed E-state index contributed by atoms with van der Waals surface area (Å²) >= 11 is 5.29. The molecule has 0 saturated heterocycles. The quantitative estimate of drug-likeness (QED) is 0.144. The molecule has 1 nitrogen and oxygen atoms in total. The third-order valence-corrected chi connectivity index (χ3v) is 16.8. The van der Waals surface area contributed by atoms with Crippen LogP contribution in [0.25, 0.3) is 21.3 Å². The van der Waals surface area contributed by atoms with Crippen LogP contribution >= 0.6 is 38.6 Å². The summed E-state index contributed by atoms with van der Waals surface area (Å²) < 4.78 is 8.05. The molecule has 3 heterocycles. The molecule has 0 atom stereocenters. The van der Waals surface area contributed by atoms with Crippen LogP contribution in [0.5, 0.6) is 0 Å². The van der Waals surface area contributed by atoms with Crippen LogP contribution in [0.4, 0.5) is 0 Å². The zero-order chi connectivity index (χ0) is 19.4. The summed E-state index contributed by atoms with van der Waals surface area (Å²) in [7, 11) is 0. The van der Waals surface area contributed by atoms with Crippen molar-refractivity contribution in [3.63, 3.8) is 0 Å². The van der Waals surface area contributed by atoms with Crippen molar-refractivity contribution < 1.29 is 4.42 Å². The molecular formula is C22H29BrOS2Sn. The fraction of sp³-hybridized carbons (Fsp3) is 0.455. The van der Waals surface area contributed by atoms with Gasteiger partial charge in [-0.3, -0.25) is 0 Å². The van der Waals surface area contributed by atoms with Crippen LogP contribution in [0.15, 0.2) is 34.7 Å². The van der Waals surface area contributed by atoms with E-state index in [0.717, 1.165) is 23.3 Å². The van der Waals surface area contributed by atoms with Gasteiger partial charge >= 0.3 is 170 Å². The molecule has 0 bridgehead atoms. The number of rotatable bonds is 9.